The van der Waals surface area contributed by atoms with Gasteiger partial charge in [0.15, 0.2) is 10.8 Å². The van der Waals surface area contributed by atoms with Gasteiger partial charge in [0, 0.05) is 9.79 Å². The molecule has 7 heteroatoms. The number of amides is 1. The molecule has 0 radical (unpaired) electrons. The Morgan fingerprint density at radius 1 is 0.906 bits per heavy atom. The van der Waals surface area contributed by atoms with Gasteiger partial charge < -0.3 is 0 Å². The number of thioether (sulfide) groups is 1. The van der Waals surface area contributed by atoms with Crippen molar-refractivity contribution in [3.63, 3.8) is 0 Å². The van der Waals surface area contributed by atoms with Gasteiger partial charge in [-0.3, -0.25) is 14.1 Å². The topological polar surface area (TPSA) is 50.5 Å². The van der Waals surface area contributed by atoms with Crippen LogP contribution in [0.1, 0.15) is 5.56 Å². The zero-order valence-corrected chi connectivity index (χ0v) is 18.9. The normalized spacial score (nSPS) is 12.7. The minimum atomic E-state index is 0.0175. The van der Waals surface area contributed by atoms with Gasteiger partial charge in [-0.25, -0.2) is 0 Å². The summed E-state index contributed by atoms with van der Waals surface area (Å²) in [6, 6.07) is 26.4. The molecule has 5 nitrogen and oxygen atoms in total. The molecule has 0 saturated carbocycles. The number of nitrogens with zero attached hydrogens (tertiary/aromatic N) is 4. The van der Waals surface area contributed by atoms with E-state index >= 15 is 0 Å². The number of hydrogen-bond acceptors (Lipinski definition) is 5. The molecule has 1 aliphatic heterocycles. The lowest BCUT2D eigenvalue weighted by Crippen LogP contribution is -2.30. The van der Waals surface area contributed by atoms with Gasteiger partial charge in [-0.1, -0.05) is 66.0 Å². The molecular formula is C25H18N4OS2. The fourth-order valence-corrected chi connectivity index (χ4v) is 5.96. The molecule has 0 bridgehead atoms. The number of hydrogen-bond donors (Lipinski definition) is 0. The van der Waals surface area contributed by atoms with Crippen LogP contribution in [0, 0.1) is 6.92 Å². The van der Waals surface area contributed by atoms with Crippen LogP contribution in [0.5, 0.6) is 0 Å². The van der Waals surface area contributed by atoms with Crippen molar-refractivity contribution in [3.8, 4) is 0 Å². The van der Waals surface area contributed by atoms with Crippen molar-refractivity contribution in [1.29, 1.82) is 0 Å². The first-order valence-electron chi connectivity index (χ1n) is 10.3. The fraction of sp³-hybridized carbons (Fsp3) is 0.0800. The summed E-state index contributed by atoms with van der Waals surface area (Å²) in [6.07, 6.45) is 0. The number of fused-ring (bicyclic) bond motifs is 5. The van der Waals surface area contributed by atoms with Crippen LogP contribution in [-0.2, 0) is 4.79 Å². The van der Waals surface area contributed by atoms with Crippen molar-refractivity contribution in [2.24, 2.45) is 0 Å². The maximum atomic E-state index is 13.5. The van der Waals surface area contributed by atoms with Crippen LogP contribution >= 0.6 is 23.5 Å². The molecule has 0 unspecified atom stereocenters. The molecule has 0 fully saturated rings. The number of aryl methyl sites for hydroxylation is 1. The Bertz CT molecular complexity index is 1470. The quantitative estimate of drug-likeness (QED) is 0.308. The fourth-order valence-electron chi connectivity index (χ4n) is 4.11. The van der Waals surface area contributed by atoms with Crippen LogP contribution in [0.3, 0.4) is 0 Å². The zero-order chi connectivity index (χ0) is 21.7. The summed E-state index contributed by atoms with van der Waals surface area (Å²) in [5.41, 5.74) is 4.77. The molecule has 0 spiro atoms. The predicted molar refractivity (Wildman–Crippen MR) is 130 cm³/mol. The van der Waals surface area contributed by atoms with Crippen molar-refractivity contribution >= 4 is 57.4 Å². The zero-order valence-electron chi connectivity index (χ0n) is 17.2. The highest BCUT2D eigenvalue weighted by atomic mass is 32.2. The average molecular weight is 455 g/mol. The van der Waals surface area contributed by atoms with Crippen LogP contribution in [0.4, 0.5) is 11.4 Å². The summed E-state index contributed by atoms with van der Waals surface area (Å²) < 4.78 is 2.05. The van der Waals surface area contributed by atoms with Crippen molar-refractivity contribution in [2.45, 2.75) is 21.9 Å². The Hall–Kier alpha value is -3.29. The number of carbonyl (C=O) groups is 1. The monoisotopic (exact) mass is 454 g/mol. The summed E-state index contributed by atoms with van der Waals surface area (Å²) in [7, 11) is 0. The van der Waals surface area contributed by atoms with E-state index in [4.69, 9.17) is 0 Å². The number of para-hydroxylation sites is 3. The Balaban J connectivity index is 1.37. The Morgan fingerprint density at radius 2 is 1.56 bits per heavy atom. The minimum Gasteiger partial charge on any atom is -0.278 e. The van der Waals surface area contributed by atoms with E-state index in [1.807, 2.05) is 60.4 Å². The number of anilines is 2. The minimum absolute atomic E-state index is 0.0175. The highest BCUT2D eigenvalue weighted by Gasteiger charge is 2.28. The van der Waals surface area contributed by atoms with Gasteiger partial charge in [0.05, 0.1) is 22.6 Å². The lowest BCUT2D eigenvalue weighted by molar-refractivity contribution is -0.115. The Labute approximate surface area is 193 Å². The largest absolute Gasteiger partial charge is 0.278 e. The molecule has 2 aromatic heterocycles. The average Bonchev–Trinajstić information content (AvgIpc) is 3.26. The van der Waals surface area contributed by atoms with Crippen LogP contribution < -0.4 is 4.90 Å². The number of rotatable bonds is 3. The third kappa shape index (κ3) is 3.08. The standard InChI is InChI=1S/C25H18N4OS2/c1-16-14-17-8-2-3-9-18(17)29-24(16)26-27-25(29)31-15-23(30)28-19-10-4-6-12-21(19)32-22-13-7-5-11-20(22)28/h2-14H,15H2,1H3. The second kappa shape index (κ2) is 7.69. The van der Waals surface area contributed by atoms with Crippen LogP contribution in [-0.4, -0.2) is 26.3 Å². The first kappa shape index (κ1) is 19.4. The van der Waals surface area contributed by atoms with Gasteiger partial charge in [-0.15, -0.1) is 10.2 Å². The molecule has 1 amide bonds. The highest BCUT2D eigenvalue weighted by molar-refractivity contribution is 8.00. The molecule has 5 aromatic rings. The van der Waals surface area contributed by atoms with E-state index in [9.17, 15) is 4.79 Å². The van der Waals surface area contributed by atoms with E-state index in [0.29, 0.717) is 0 Å². The molecule has 156 valence electrons. The molecule has 0 aliphatic carbocycles. The third-order valence-corrected chi connectivity index (χ3v) is 7.59. The molecule has 3 heterocycles. The number of carbonyl (C=O) groups excluding carboxylic acids is 1. The van der Waals surface area contributed by atoms with E-state index in [-0.39, 0.29) is 11.7 Å². The molecule has 32 heavy (non-hydrogen) atoms. The number of benzene rings is 3. The molecule has 0 saturated heterocycles. The number of pyridine rings is 1. The highest BCUT2D eigenvalue weighted by Crippen LogP contribution is 2.48. The van der Waals surface area contributed by atoms with Crippen molar-refractivity contribution < 1.29 is 4.79 Å². The molecule has 1 aliphatic rings. The maximum absolute atomic E-state index is 13.5. The van der Waals surface area contributed by atoms with Crippen molar-refractivity contribution in [3.05, 3.63) is 84.4 Å². The third-order valence-electron chi connectivity index (χ3n) is 5.54. The van der Waals surface area contributed by atoms with E-state index in [0.717, 1.165) is 48.4 Å². The lowest BCUT2D eigenvalue weighted by atomic mass is 10.1. The Kier molecular flexibility index (Phi) is 4.66. The first-order chi connectivity index (χ1) is 15.7. The lowest BCUT2D eigenvalue weighted by Gasteiger charge is -2.30. The smallest absolute Gasteiger partial charge is 0.242 e. The van der Waals surface area contributed by atoms with Gasteiger partial charge in [0.1, 0.15) is 0 Å². The molecular weight excluding hydrogens is 436 g/mol. The summed E-state index contributed by atoms with van der Waals surface area (Å²) in [5.74, 6) is 0.278. The second-order valence-corrected chi connectivity index (χ2v) is 9.61. The molecule has 0 atom stereocenters. The van der Waals surface area contributed by atoms with E-state index in [1.165, 1.54) is 11.8 Å². The van der Waals surface area contributed by atoms with Crippen LogP contribution in [0.15, 0.2) is 93.8 Å². The first-order valence-corrected chi connectivity index (χ1v) is 12.1. The summed E-state index contributed by atoms with van der Waals surface area (Å²) in [4.78, 5) is 17.5. The second-order valence-electron chi connectivity index (χ2n) is 7.58. The van der Waals surface area contributed by atoms with Crippen LogP contribution in [0.25, 0.3) is 16.6 Å². The van der Waals surface area contributed by atoms with E-state index < -0.39 is 0 Å². The van der Waals surface area contributed by atoms with Gasteiger partial charge in [-0.2, -0.15) is 0 Å². The van der Waals surface area contributed by atoms with E-state index in [2.05, 4.69) is 44.9 Å². The number of aromatic nitrogens is 3. The van der Waals surface area contributed by atoms with Gasteiger partial charge >= 0.3 is 0 Å². The van der Waals surface area contributed by atoms with Gasteiger partial charge in [0.2, 0.25) is 5.91 Å². The Morgan fingerprint density at radius 3 is 2.31 bits per heavy atom. The van der Waals surface area contributed by atoms with E-state index in [1.54, 1.807) is 11.8 Å². The van der Waals surface area contributed by atoms with Crippen molar-refractivity contribution in [1.82, 2.24) is 14.6 Å². The molecule has 3 aromatic carbocycles. The van der Waals surface area contributed by atoms with Gasteiger partial charge in [-0.05, 0) is 54.3 Å². The molecule has 0 N–H and O–H groups in total. The SMILES string of the molecule is Cc1cc2ccccc2n2c(SCC(=O)N3c4ccccc4Sc4ccccc43)nnc12. The van der Waals surface area contributed by atoms with Gasteiger partial charge in [0.25, 0.3) is 0 Å². The summed E-state index contributed by atoms with van der Waals surface area (Å²) in [6.45, 7) is 2.04. The predicted octanol–water partition coefficient (Wildman–Crippen LogP) is 6.11. The van der Waals surface area contributed by atoms with Crippen molar-refractivity contribution in [2.75, 3.05) is 10.7 Å². The maximum Gasteiger partial charge on any atom is 0.242 e. The summed E-state index contributed by atoms with van der Waals surface area (Å²) >= 11 is 3.12. The van der Waals surface area contributed by atoms with Crippen LogP contribution in [0.2, 0.25) is 0 Å². The molecule has 6 rings (SSSR count). The summed E-state index contributed by atoms with van der Waals surface area (Å²) in [5, 5.41) is 10.7.